The standard InChI is InChI=1S/C40H50N6O10/c1-24(2)18-31(43-35(48)19-25-10-12-28(13-11-25)41-34(23-46(55)56)42-29-14-16-30(47)17-15-29)37(50)45-33(39(53)54)21-27-9-7-6-8-26(27)20-32(38(51)52)44-36(49)22-40(3,4)5/h6-17,23-24,31-33,41-42,47H,18-22H2,1-5H3,(H,43,48)(H,44,49)(H,45,50)(H,51,52)(H,53,54). The van der Waals surface area contributed by atoms with Crippen LogP contribution in [0.15, 0.2) is 84.8 Å². The fraction of sp³-hybridized carbons (Fsp3) is 0.375. The molecule has 0 aromatic heterocycles. The Morgan fingerprint density at radius 2 is 1.21 bits per heavy atom. The van der Waals surface area contributed by atoms with Gasteiger partial charge in [0.15, 0.2) is 5.82 Å². The lowest BCUT2D eigenvalue weighted by Crippen LogP contribution is -2.53. The average Bonchev–Trinajstić information content (AvgIpc) is 3.08. The smallest absolute Gasteiger partial charge is 0.326 e. The molecule has 3 amide bonds. The SMILES string of the molecule is CC(C)CC(NC(=O)Cc1ccc(NC(=C[N+](=O)[O-])Nc2ccc(O)cc2)cc1)C(=O)NC(Cc1ccccc1CC(NC(=O)CC(C)(C)C)C(=O)O)C(=O)O. The van der Waals surface area contributed by atoms with Crippen LogP contribution in [-0.4, -0.2) is 68.0 Å². The van der Waals surface area contributed by atoms with Gasteiger partial charge >= 0.3 is 11.9 Å². The zero-order chi connectivity index (χ0) is 41.6. The number of phenolic OH excluding ortho intramolecular Hbond substituents is 1. The van der Waals surface area contributed by atoms with Crippen LogP contribution in [0.3, 0.4) is 0 Å². The molecule has 0 fully saturated rings. The van der Waals surface area contributed by atoms with Gasteiger partial charge in [-0.25, -0.2) is 9.59 Å². The first-order valence-electron chi connectivity index (χ1n) is 18.0. The lowest BCUT2D eigenvalue weighted by molar-refractivity contribution is -0.403. The Morgan fingerprint density at radius 1 is 0.732 bits per heavy atom. The number of benzene rings is 3. The van der Waals surface area contributed by atoms with Crippen LogP contribution in [0.5, 0.6) is 5.75 Å². The van der Waals surface area contributed by atoms with Crippen molar-refractivity contribution in [2.45, 2.75) is 84.8 Å². The van der Waals surface area contributed by atoms with Gasteiger partial charge in [-0.1, -0.05) is 71.0 Å². The zero-order valence-electron chi connectivity index (χ0n) is 32.0. The summed E-state index contributed by atoms with van der Waals surface area (Å²) < 4.78 is 0. The number of phenols is 1. The average molecular weight is 775 g/mol. The van der Waals surface area contributed by atoms with E-state index in [0.717, 1.165) is 6.20 Å². The summed E-state index contributed by atoms with van der Waals surface area (Å²) >= 11 is 0. The van der Waals surface area contributed by atoms with E-state index in [1.807, 2.05) is 34.6 Å². The molecule has 0 spiro atoms. The highest BCUT2D eigenvalue weighted by Crippen LogP contribution is 2.20. The normalized spacial score (nSPS) is 13.1. The highest BCUT2D eigenvalue weighted by Gasteiger charge is 2.29. The second-order valence-electron chi connectivity index (χ2n) is 15.0. The van der Waals surface area contributed by atoms with Crippen molar-refractivity contribution in [3.63, 3.8) is 0 Å². The van der Waals surface area contributed by atoms with Gasteiger partial charge in [-0.2, -0.15) is 0 Å². The second-order valence-corrected chi connectivity index (χ2v) is 15.0. The molecule has 0 aliphatic heterocycles. The van der Waals surface area contributed by atoms with Crippen molar-refractivity contribution >= 4 is 41.0 Å². The summed E-state index contributed by atoms with van der Waals surface area (Å²) in [6.45, 7) is 9.26. The molecule has 0 aliphatic carbocycles. The van der Waals surface area contributed by atoms with Gasteiger partial charge in [-0.3, -0.25) is 24.5 Å². The number of carbonyl (C=O) groups is 5. The zero-order valence-corrected chi connectivity index (χ0v) is 32.0. The van der Waals surface area contributed by atoms with E-state index in [-0.39, 0.29) is 55.0 Å². The molecule has 3 rings (SSSR count). The summed E-state index contributed by atoms with van der Waals surface area (Å²) in [4.78, 5) is 74.3. The monoisotopic (exact) mass is 774 g/mol. The molecule has 0 radical (unpaired) electrons. The molecule has 0 saturated carbocycles. The molecular formula is C40H50N6O10. The van der Waals surface area contributed by atoms with E-state index in [1.54, 1.807) is 60.7 Å². The van der Waals surface area contributed by atoms with E-state index in [4.69, 9.17) is 0 Å². The van der Waals surface area contributed by atoms with Gasteiger partial charge in [0.2, 0.25) is 17.7 Å². The van der Waals surface area contributed by atoms with Crippen molar-refractivity contribution < 1.29 is 44.2 Å². The minimum Gasteiger partial charge on any atom is -0.508 e. The minimum absolute atomic E-state index is 0.0335. The van der Waals surface area contributed by atoms with E-state index in [1.165, 1.54) is 12.1 Å². The number of nitrogens with one attached hydrogen (secondary N) is 5. The number of hydrogen-bond acceptors (Lipinski definition) is 10. The Morgan fingerprint density at radius 3 is 1.68 bits per heavy atom. The second kappa shape index (κ2) is 20.3. The molecule has 16 heteroatoms. The first-order chi connectivity index (χ1) is 26.3. The number of rotatable bonds is 20. The van der Waals surface area contributed by atoms with E-state index in [2.05, 4.69) is 26.6 Å². The molecule has 8 N–H and O–H groups in total. The van der Waals surface area contributed by atoms with Gasteiger partial charge in [0.25, 0.3) is 6.20 Å². The predicted octanol–water partition coefficient (Wildman–Crippen LogP) is 4.43. The van der Waals surface area contributed by atoms with Crippen LogP contribution in [0.2, 0.25) is 0 Å². The number of hydrogen-bond donors (Lipinski definition) is 8. The van der Waals surface area contributed by atoms with Crippen molar-refractivity contribution in [1.82, 2.24) is 16.0 Å². The van der Waals surface area contributed by atoms with E-state index in [9.17, 15) is 49.4 Å². The summed E-state index contributed by atoms with van der Waals surface area (Å²) in [6, 6.07) is 15.3. The van der Waals surface area contributed by atoms with Crippen molar-refractivity contribution in [1.29, 1.82) is 0 Å². The fourth-order valence-electron chi connectivity index (χ4n) is 5.69. The van der Waals surface area contributed by atoms with E-state index < -0.39 is 52.7 Å². The summed E-state index contributed by atoms with van der Waals surface area (Å²) in [5, 5.41) is 54.2. The Hall–Kier alpha value is -6.45. The summed E-state index contributed by atoms with van der Waals surface area (Å²) in [6.07, 6.45) is 0.629. The predicted molar refractivity (Wildman–Crippen MR) is 209 cm³/mol. The Kier molecular flexibility index (Phi) is 15.9. The quantitative estimate of drug-likeness (QED) is 0.0451. The molecule has 300 valence electrons. The topological polar surface area (TPSA) is 249 Å². The lowest BCUT2D eigenvalue weighted by Gasteiger charge is -2.24. The summed E-state index contributed by atoms with van der Waals surface area (Å²) in [5.41, 5.74) is 2.11. The van der Waals surface area contributed by atoms with Crippen molar-refractivity contribution in [3.05, 3.63) is 112 Å². The molecule has 0 aliphatic rings. The van der Waals surface area contributed by atoms with Gasteiger partial charge in [-0.15, -0.1) is 0 Å². The number of nitro groups is 1. The lowest BCUT2D eigenvalue weighted by atomic mass is 9.91. The van der Waals surface area contributed by atoms with Crippen LogP contribution in [-0.2, 0) is 43.2 Å². The minimum atomic E-state index is -1.42. The highest BCUT2D eigenvalue weighted by atomic mass is 16.6. The number of aliphatic carboxylic acids is 2. The van der Waals surface area contributed by atoms with Crippen LogP contribution in [0.4, 0.5) is 11.4 Å². The number of aromatic hydroxyl groups is 1. The van der Waals surface area contributed by atoms with Crippen LogP contribution in [0, 0.1) is 21.4 Å². The third-order valence-electron chi connectivity index (χ3n) is 8.24. The molecule has 3 unspecified atom stereocenters. The first-order valence-corrected chi connectivity index (χ1v) is 18.0. The Labute approximate surface area is 324 Å². The summed E-state index contributed by atoms with van der Waals surface area (Å²) in [7, 11) is 0. The van der Waals surface area contributed by atoms with Gasteiger partial charge in [-0.05, 0) is 70.8 Å². The third-order valence-corrected chi connectivity index (χ3v) is 8.24. The molecule has 3 atom stereocenters. The molecular weight excluding hydrogens is 724 g/mol. The Balaban J connectivity index is 1.68. The number of carboxylic acids is 2. The van der Waals surface area contributed by atoms with Gasteiger partial charge in [0.05, 0.1) is 11.3 Å². The maximum Gasteiger partial charge on any atom is 0.326 e. The van der Waals surface area contributed by atoms with Crippen LogP contribution >= 0.6 is 0 Å². The molecule has 0 heterocycles. The third kappa shape index (κ3) is 15.5. The van der Waals surface area contributed by atoms with E-state index >= 15 is 0 Å². The number of carboxylic acid groups (broad SMARTS) is 2. The summed E-state index contributed by atoms with van der Waals surface area (Å²) in [5.74, 6) is -4.20. The highest BCUT2D eigenvalue weighted by molar-refractivity contribution is 5.91. The first kappa shape index (κ1) is 44.0. The Bertz CT molecular complexity index is 1890. The van der Waals surface area contributed by atoms with Crippen molar-refractivity contribution in [2.24, 2.45) is 11.3 Å². The van der Waals surface area contributed by atoms with Crippen LogP contribution < -0.4 is 26.6 Å². The van der Waals surface area contributed by atoms with E-state index in [0.29, 0.717) is 28.1 Å². The molecule has 0 saturated heterocycles. The number of amides is 3. The van der Waals surface area contributed by atoms with Gasteiger partial charge < -0.3 is 41.9 Å². The number of nitrogens with zero attached hydrogens (tertiary/aromatic N) is 1. The molecule has 3 aromatic rings. The maximum atomic E-state index is 13.5. The molecule has 0 bridgehead atoms. The maximum absolute atomic E-state index is 13.5. The molecule has 16 nitrogen and oxygen atoms in total. The van der Waals surface area contributed by atoms with Crippen LogP contribution in [0.1, 0.15) is 64.2 Å². The van der Waals surface area contributed by atoms with Gasteiger partial charge in [0.1, 0.15) is 23.9 Å². The van der Waals surface area contributed by atoms with Crippen LogP contribution in [0.25, 0.3) is 0 Å². The number of carbonyl (C=O) groups excluding carboxylic acids is 3. The molecule has 56 heavy (non-hydrogen) atoms. The largest absolute Gasteiger partial charge is 0.508 e. The fourth-order valence-corrected chi connectivity index (χ4v) is 5.69. The van der Waals surface area contributed by atoms with Gasteiger partial charge in [0, 0.05) is 30.6 Å². The van der Waals surface area contributed by atoms with Crippen molar-refractivity contribution in [3.8, 4) is 5.75 Å². The van der Waals surface area contributed by atoms with Crippen molar-refractivity contribution in [2.75, 3.05) is 10.6 Å². The molecule has 3 aromatic carbocycles. The number of anilines is 2.